The van der Waals surface area contributed by atoms with Gasteiger partial charge in [-0.1, -0.05) is 0 Å². The van der Waals surface area contributed by atoms with Crippen LogP contribution in [-0.4, -0.2) is 21.8 Å². The van der Waals surface area contributed by atoms with E-state index < -0.39 is 10.7 Å². The maximum absolute atomic E-state index is 11.2. The molecule has 3 nitrogen and oxygen atoms in total. The van der Waals surface area contributed by atoms with Crippen LogP contribution in [0.3, 0.4) is 0 Å². The van der Waals surface area contributed by atoms with E-state index in [-0.39, 0.29) is 0 Å². The third kappa shape index (κ3) is 1.36. The highest BCUT2D eigenvalue weighted by Crippen LogP contribution is 2.47. The highest BCUT2D eigenvalue weighted by molar-refractivity contribution is 8.01. The maximum Gasteiger partial charge on any atom is 0.326 e. The lowest BCUT2D eigenvalue weighted by molar-refractivity contribution is -0.140. The summed E-state index contributed by atoms with van der Waals surface area (Å²) in [5, 5.41) is 11.8. The SMILES string of the molecule is O=C(O)C1(c2nccs2)CCCS1. The Balaban J connectivity index is 2.39. The normalized spacial score (nSPS) is 27.7. The molecule has 0 aromatic carbocycles. The maximum atomic E-state index is 11.2. The molecule has 1 saturated heterocycles. The number of thioether (sulfide) groups is 1. The molecule has 0 spiro atoms. The standard InChI is InChI=1S/C8H9NO2S2/c10-7(11)8(2-1-4-13-8)6-9-3-5-12-6/h3,5H,1-2,4H2,(H,10,11). The second kappa shape index (κ2) is 3.31. The van der Waals surface area contributed by atoms with Gasteiger partial charge in [0.25, 0.3) is 0 Å². The van der Waals surface area contributed by atoms with Gasteiger partial charge in [-0.25, -0.2) is 4.98 Å². The quantitative estimate of drug-likeness (QED) is 0.819. The highest BCUT2D eigenvalue weighted by Gasteiger charge is 2.46. The molecule has 1 unspecified atom stereocenters. The van der Waals surface area contributed by atoms with Crippen LogP contribution >= 0.6 is 23.1 Å². The van der Waals surface area contributed by atoms with E-state index in [0.717, 1.165) is 17.2 Å². The van der Waals surface area contributed by atoms with Gasteiger partial charge in [0.1, 0.15) is 5.01 Å². The van der Waals surface area contributed by atoms with Crippen molar-refractivity contribution in [3.8, 4) is 0 Å². The van der Waals surface area contributed by atoms with Gasteiger partial charge in [-0.15, -0.1) is 23.1 Å². The van der Waals surface area contributed by atoms with Gasteiger partial charge >= 0.3 is 5.97 Å². The Labute approximate surface area is 84.2 Å². The van der Waals surface area contributed by atoms with Gasteiger partial charge in [0.05, 0.1) is 0 Å². The van der Waals surface area contributed by atoms with E-state index in [2.05, 4.69) is 4.98 Å². The molecule has 1 aromatic heterocycles. The van der Waals surface area contributed by atoms with Crippen LogP contribution in [0.5, 0.6) is 0 Å². The number of hydrogen-bond acceptors (Lipinski definition) is 4. The minimum atomic E-state index is -0.745. The average Bonchev–Trinajstić information content (AvgIpc) is 2.75. The van der Waals surface area contributed by atoms with E-state index in [1.54, 1.807) is 6.20 Å². The fourth-order valence-corrected chi connectivity index (χ4v) is 3.79. The first kappa shape index (κ1) is 9.02. The number of carboxylic acid groups (broad SMARTS) is 1. The van der Waals surface area contributed by atoms with Gasteiger partial charge in [-0.05, 0) is 18.6 Å². The van der Waals surface area contributed by atoms with E-state index in [9.17, 15) is 9.90 Å². The third-order valence-corrected chi connectivity index (χ3v) is 4.77. The first-order chi connectivity index (χ1) is 6.26. The summed E-state index contributed by atoms with van der Waals surface area (Å²) < 4.78 is -0.742. The molecule has 2 rings (SSSR count). The summed E-state index contributed by atoms with van der Waals surface area (Å²) >= 11 is 2.94. The average molecular weight is 215 g/mol. The van der Waals surface area contributed by atoms with E-state index in [0.29, 0.717) is 6.42 Å². The molecule has 0 saturated carbocycles. The van der Waals surface area contributed by atoms with Gasteiger partial charge in [-0.3, -0.25) is 4.79 Å². The molecule has 5 heteroatoms. The first-order valence-corrected chi connectivity index (χ1v) is 5.89. The predicted octanol–water partition coefficient (Wildman–Crippen LogP) is 1.95. The largest absolute Gasteiger partial charge is 0.480 e. The van der Waals surface area contributed by atoms with Gasteiger partial charge < -0.3 is 5.11 Å². The summed E-state index contributed by atoms with van der Waals surface area (Å²) in [7, 11) is 0. The molecule has 1 aliphatic heterocycles. The fraction of sp³-hybridized carbons (Fsp3) is 0.500. The van der Waals surface area contributed by atoms with Gasteiger partial charge in [-0.2, -0.15) is 0 Å². The summed E-state index contributed by atoms with van der Waals surface area (Å²) in [4.78, 5) is 15.3. The second-order valence-electron chi connectivity index (χ2n) is 2.92. The Morgan fingerprint density at radius 2 is 2.54 bits per heavy atom. The van der Waals surface area contributed by atoms with Crippen LogP contribution in [0.1, 0.15) is 17.8 Å². The number of rotatable bonds is 2. The van der Waals surface area contributed by atoms with Crippen LogP contribution in [-0.2, 0) is 9.54 Å². The van der Waals surface area contributed by atoms with Crippen molar-refractivity contribution in [2.24, 2.45) is 0 Å². The van der Waals surface area contributed by atoms with E-state index in [4.69, 9.17) is 0 Å². The molecule has 1 aliphatic rings. The van der Waals surface area contributed by atoms with Crippen LogP contribution in [0.4, 0.5) is 0 Å². The van der Waals surface area contributed by atoms with E-state index in [1.807, 2.05) is 5.38 Å². The van der Waals surface area contributed by atoms with Gasteiger partial charge in [0, 0.05) is 11.6 Å². The lowest BCUT2D eigenvalue weighted by Gasteiger charge is -2.19. The molecule has 0 bridgehead atoms. The molecule has 70 valence electrons. The van der Waals surface area contributed by atoms with Crippen molar-refractivity contribution in [3.63, 3.8) is 0 Å². The molecule has 1 fully saturated rings. The molecule has 1 atom stereocenters. The van der Waals surface area contributed by atoms with Crippen LogP contribution in [0, 0.1) is 0 Å². The smallest absolute Gasteiger partial charge is 0.326 e. The number of carbonyl (C=O) groups is 1. The Hall–Kier alpha value is -0.550. The van der Waals surface area contributed by atoms with Crippen molar-refractivity contribution < 1.29 is 9.90 Å². The Kier molecular flexibility index (Phi) is 2.29. The van der Waals surface area contributed by atoms with Crippen molar-refractivity contribution in [1.29, 1.82) is 0 Å². The molecule has 1 aromatic rings. The molecule has 0 radical (unpaired) electrons. The Bertz CT molecular complexity index is 304. The molecule has 2 heterocycles. The molecule has 13 heavy (non-hydrogen) atoms. The molecule has 0 aliphatic carbocycles. The zero-order valence-corrected chi connectivity index (χ0v) is 8.53. The van der Waals surface area contributed by atoms with Crippen LogP contribution in [0.25, 0.3) is 0 Å². The predicted molar refractivity (Wildman–Crippen MR) is 53.1 cm³/mol. The number of thiazole rings is 1. The first-order valence-electron chi connectivity index (χ1n) is 4.03. The summed E-state index contributed by atoms with van der Waals surface area (Å²) in [6.45, 7) is 0. The number of carboxylic acids is 1. The highest BCUT2D eigenvalue weighted by atomic mass is 32.2. The molecular formula is C8H9NO2S2. The molecule has 0 amide bonds. The van der Waals surface area contributed by atoms with Crippen molar-refractivity contribution in [3.05, 3.63) is 16.6 Å². The zero-order chi connectivity index (χ0) is 9.31. The minimum Gasteiger partial charge on any atom is -0.480 e. The third-order valence-electron chi connectivity index (χ3n) is 2.14. The second-order valence-corrected chi connectivity index (χ2v) is 5.21. The summed E-state index contributed by atoms with van der Waals surface area (Å²) in [5.74, 6) is 0.177. The minimum absolute atomic E-state index is 0.709. The van der Waals surface area contributed by atoms with Crippen LogP contribution in [0.15, 0.2) is 11.6 Å². The lowest BCUT2D eigenvalue weighted by atomic mass is 10.0. The molecular weight excluding hydrogens is 206 g/mol. The Morgan fingerprint density at radius 3 is 3.00 bits per heavy atom. The summed E-state index contributed by atoms with van der Waals surface area (Å²) in [6, 6.07) is 0. The number of aliphatic carboxylic acids is 1. The number of hydrogen-bond donors (Lipinski definition) is 1. The van der Waals surface area contributed by atoms with Crippen molar-refractivity contribution in [2.45, 2.75) is 17.6 Å². The topological polar surface area (TPSA) is 50.2 Å². The van der Waals surface area contributed by atoms with Crippen molar-refractivity contribution >= 4 is 29.1 Å². The van der Waals surface area contributed by atoms with Crippen molar-refractivity contribution in [2.75, 3.05) is 5.75 Å². The number of aromatic nitrogens is 1. The van der Waals surface area contributed by atoms with E-state index >= 15 is 0 Å². The summed E-state index contributed by atoms with van der Waals surface area (Å²) in [6.07, 6.45) is 3.35. The van der Waals surface area contributed by atoms with E-state index in [1.165, 1.54) is 23.1 Å². The summed E-state index contributed by atoms with van der Waals surface area (Å²) in [5.41, 5.74) is 0. The van der Waals surface area contributed by atoms with Crippen LogP contribution < -0.4 is 0 Å². The lowest BCUT2D eigenvalue weighted by Crippen LogP contribution is -2.29. The van der Waals surface area contributed by atoms with Gasteiger partial charge in [0.2, 0.25) is 0 Å². The monoisotopic (exact) mass is 215 g/mol. The van der Waals surface area contributed by atoms with Crippen molar-refractivity contribution in [1.82, 2.24) is 4.98 Å². The number of nitrogens with zero attached hydrogens (tertiary/aromatic N) is 1. The fourth-order valence-electron chi connectivity index (χ4n) is 1.49. The van der Waals surface area contributed by atoms with Crippen LogP contribution in [0.2, 0.25) is 0 Å². The Morgan fingerprint density at radius 1 is 1.69 bits per heavy atom. The van der Waals surface area contributed by atoms with Gasteiger partial charge in [0.15, 0.2) is 4.75 Å². The zero-order valence-electron chi connectivity index (χ0n) is 6.90. The molecule has 1 N–H and O–H groups in total.